The van der Waals surface area contributed by atoms with E-state index in [1.807, 2.05) is 0 Å². The number of nitrogens with one attached hydrogen (secondary N) is 1. The van der Waals surface area contributed by atoms with Crippen LogP contribution in [0, 0.1) is 15.9 Å². The fourth-order valence-electron chi connectivity index (χ4n) is 3.04. The van der Waals surface area contributed by atoms with Gasteiger partial charge in [0.2, 0.25) is 5.78 Å². The van der Waals surface area contributed by atoms with E-state index in [4.69, 9.17) is 16.0 Å². The topological polar surface area (TPSA) is 102 Å². The van der Waals surface area contributed by atoms with Crippen molar-refractivity contribution in [1.29, 1.82) is 0 Å². The molecule has 0 radical (unpaired) electrons. The van der Waals surface area contributed by atoms with Gasteiger partial charge in [0.15, 0.2) is 5.76 Å². The summed E-state index contributed by atoms with van der Waals surface area (Å²) >= 11 is 5.80. The molecule has 1 aromatic heterocycles. The van der Waals surface area contributed by atoms with Crippen LogP contribution in [0.25, 0.3) is 11.0 Å². The second-order valence-electron chi connectivity index (χ2n) is 6.52. The fourth-order valence-corrected chi connectivity index (χ4v) is 3.23. The molecule has 0 spiro atoms. The van der Waals surface area contributed by atoms with Crippen molar-refractivity contribution in [2.24, 2.45) is 0 Å². The number of carbonyl (C=O) groups is 2. The lowest BCUT2D eigenvalue weighted by Crippen LogP contribution is -2.14. The Kier molecular flexibility index (Phi) is 5.22. The quantitative estimate of drug-likeness (QED) is 0.247. The summed E-state index contributed by atoms with van der Waals surface area (Å²) in [6.45, 7) is 0. The fraction of sp³-hybridized carbons (Fsp3) is 0. The number of hydrogen-bond acceptors (Lipinski definition) is 5. The van der Waals surface area contributed by atoms with E-state index in [2.05, 4.69) is 5.32 Å². The standard InChI is InChI=1S/C22H12ClFN2O5/c23-16-10-7-13(11-17(16)26(29)30)22(28)25-19-15-3-1-2-4-18(15)31-21(19)20(27)12-5-8-14(24)9-6-12/h1-11H,(H,25,28). The zero-order valence-electron chi connectivity index (χ0n) is 15.6. The molecule has 1 amide bonds. The minimum absolute atomic E-state index is 0.0263. The number of furan rings is 1. The van der Waals surface area contributed by atoms with Gasteiger partial charge < -0.3 is 9.73 Å². The molecule has 0 atom stereocenters. The Labute approximate surface area is 179 Å². The number of fused-ring (bicyclic) bond motifs is 1. The van der Waals surface area contributed by atoms with E-state index in [0.717, 1.165) is 18.2 Å². The Morgan fingerprint density at radius 3 is 2.39 bits per heavy atom. The lowest BCUT2D eigenvalue weighted by atomic mass is 10.1. The largest absolute Gasteiger partial charge is 0.450 e. The summed E-state index contributed by atoms with van der Waals surface area (Å²) in [5.74, 6) is -1.91. The van der Waals surface area contributed by atoms with Gasteiger partial charge in [-0.1, -0.05) is 23.7 Å². The lowest BCUT2D eigenvalue weighted by Gasteiger charge is -2.07. The summed E-state index contributed by atoms with van der Waals surface area (Å²) in [4.78, 5) is 36.2. The molecule has 0 saturated heterocycles. The number of para-hydroxylation sites is 1. The molecule has 0 aliphatic carbocycles. The molecule has 4 rings (SSSR count). The van der Waals surface area contributed by atoms with Crippen molar-refractivity contribution in [3.05, 3.63) is 105 Å². The highest BCUT2D eigenvalue weighted by atomic mass is 35.5. The number of nitro groups is 1. The number of benzene rings is 3. The highest BCUT2D eigenvalue weighted by molar-refractivity contribution is 6.32. The predicted octanol–water partition coefficient (Wildman–Crippen LogP) is 5.62. The van der Waals surface area contributed by atoms with Crippen LogP contribution in [0.3, 0.4) is 0 Å². The van der Waals surface area contributed by atoms with Crippen LogP contribution in [0.1, 0.15) is 26.5 Å². The minimum atomic E-state index is -0.699. The summed E-state index contributed by atoms with van der Waals surface area (Å²) in [6, 6.07) is 15.2. The van der Waals surface area contributed by atoms with Gasteiger partial charge in [0.1, 0.15) is 16.4 Å². The van der Waals surface area contributed by atoms with Gasteiger partial charge in [-0.05, 0) is 48.5 Å². The normalized spacial score (nSPS) is 10.8. The number of nitro benzene ring substituents is 1. The number of halogens is 2. The second kappa shape index (κ2) is 8.00. The molecule has 0 bridgehead atoms. The molecule has 0 unspecified atom stereocenters. The Morgan fingerprint density at radius 1 is 1.00 bits per heavy atom. The summed E-state index contributed by atoms with van der Waals surface area (Å²) in [6.07, 6.45) is 0. The SMILES string of the molecule is O=C(Nc1c(C(=O)c2ccc(F)cc2)oc2ccccc12)c1ccc(Cl)c([N+](=O)[O-])c1. The number of carbonyl (C=O) groups excluding carboxylic acids is 2. The van der Waals surface area contributed by atoms with Crippen LogP contribution in [-0.2, 0) is 0 Å². The molecule has 0 aliphatic heterocycles. The van der Waals surface area contributed by atoms with E-state index in [0.29, 0.717) is 11.0 Å². The van der Waals surface area contributed by atoms with Crippen molar-refractivity contribution in [1.82, 2.24) is 0 Å². The van der Waals surface area contributed by atoms with Gasteiger partial charge in [0.05, 0.1) is 10.6 Å². The monoisotopic (exact) mass is 438 g/mol. The Balaban J connectivity index is 1.76. The van der Waals surface area contributed by atoms with Crippen molar-refractivity contribution in [3.63, 3.8) is 0 Å². The van der Waals surface area contributed by atoms with Crippen molar-refractivity contribution < 1.29 is 23.3 Å². The maximum atomic E-state index is 13.2. The zero-order valence-corrected chi connectivity index (χ0v) is 16.4. The maximum absolute atomic E-state index is 13.2. The van der Waals surface area contributed by atoms with E-state index in [1.165, 1.54) is 24.3 Å². The van der Waals surface area contributed by atoms with Crippen LogP contribution in [-0.4, -0.2) is 16.6 Å². The minimum Gasteiger partial charge on any atom is -0.450 e. The predicted molar refractivity (Wildman–Crippen MR) is 112 cm³/mol. The molecule has 1 heterocycles. The highest BCUT2D eigenvalue weighted by Crippen LogP contribution is 2.33. The average Bonchev–Trinajstić information content (AvgIpc) is 3.12. The average molecular weight is 439 g/mol. The number of amides is 1. The first-order chi connectivity index (χ1) is 14.8. The highest BCUT2D eigenvalue weighted by Gasteiger charge is 2.24. The third kappa shape index (κ3) is 3.88. The van der Waals surface area contributed by atoms with Crippen molar-refractivity contribution in [3.8, 4) is 0 Å². The molecule has 4 aromatic rings. The molecule has 154 valence electrons. The zero-order chi connectivity index (χ0) is 22.1. The lowest BCUT2D eigenvalue weighted by molar-refractivity contribution is -0.384. The molecule has 0 aliphatic rings. The molecule has 0 fully saturated rings. The summed E-state index contributed by atoms with van der Waals surface area (Å²) in [5, 5.41) is 14.1. The third-order valence-corrected chi connectivity index (χ3v) is 4.87. The van der Waals surface area contributed by atoms with Gasteiger partial charge in [-0.2, -0.15) is 0 Å². The molecule has 9 heteroatoms. The number of anilines is 1. The van der Waals surface area contributed by atoms with Crippen LogP contribution in [0.2, 0.25) is 5.02 Å². The van der Waals surface area contributed by atoms with E-state index >= 15 is 0 Å². The van der Waals surface area contributed by atoms with Gasteiger partial charge in [-0.25, -0.2) is 4.39 Å². The number of ketones is 1. The first-order valence-electron chi connectivity index (χ1n) is 8.92. The van der Waals surface area contributed by atoms with E-state index in [-0.39, 0.29) is 27.6 Å². The van der Waals surface area contributed by atoms with Gasteiger partial charge >= 0.3 is 0 Å². The Hall–Kier alpha value is -4.04. The summed E-state index contributed by atoms with van der Waals surface area (Å²) < 4.78 is 18.9. The molecular formula is C22H12ClFN2O5. The summed E-state index contributed by atoms with van der Waals surface area (Å²) in [7, 11) is 0. The molecular weight excluding hydrogens is 427 g/mol. The second-order valence-corrected chi connectivity index (χ2v) is 6.92. The number of hydrogen-bond donors (Lipinski definition) is 1. The van der Waals surface area contributed by atoms with E-state index in [1.54, 1.807) is 24.3 Å². The number of rotatable bonds is 5. The van der Waals surface area contributed by atoms with Crippen LogP contribution >= 0.6 is 11.6 Å². The van der Waals surface area contributed by atoms with Gasteiger partial charge in [0.25, 0.3) is 11.6 Å². The summed E-state index contributed by atoms with van der Waals surface area (Å²) in [5.41, 5.74) is 0.173. The van der Waals surface area contributed by atoms with Gasteiger partial charge in [-0.15, -0.1) is 0 Å². The molecule has 7 nitrogen and oxygen atoms in total. The first-order valence-corrected chi connectivity index (χ1v) is 9.30. The molecule has 0 saturated carbocycles. The smallest absolute Gasteiger partial charge is 0.288 e. The first kappa shape index (κ1) is 20.2. The molecule has 1 N–H and O–H groups in total. The van der Waals surface area contributed by atoms with Crippen molar-refractivity contribution in [2.45, 2.75) is 0 Å². The maximum Gasteiger partial charge on any atom is 0.288 e. The Bertz CT molecular complexity index is 1350. The van der Waals surface area contributed by atoms with Crippen LogP contribution < -0.4 is 5.32 Å². The number of nitrogens with zero attached hydrogens (tertiary/aromatic N) is 1. The molecule has 3 aromatic carbocycles. The van der Waals surface area contributed by atoms with Crippen molar-refractivity contribution >= 4 is 45.6 Å². The molecule has 31 heavy (non-hydrogen) atoms. The van der Waals surface area contributed by atoms with Crippen LogP contribution in [0.5, 0.6) is 0 Å². The van der Waals surface area contributed by atoms with Gasteiger partial charge in [0, 0.05) is 22.6 Å². The third-order valence-electron chi connectivity index (χ3n) is 4.55. The Morgan fingerprint density at radius 2 is 1.68 bits per heavy atom. The van der Waals surface area contributed by atoms with Crippen molar-refractivity contribution in [2.75, 3.05) is 5.32 Å². The van der Waals surface area contributed by atoms with Gasteiger partial charge in [-0.3, -0.25) is 19.7 Å². The van der Waals surface area contributed by atoms with Crippen LogP contribution in [0.15, 0.2) is 71.1 Å². The van der Waals surface area contributed by atoms with E-state index in [9.17, 15) is 24.1 Å². The van der Waals surface area contributed by atoms with E-state index < -0.39 is 28.1 Å². The van der Waals surface area contributed by atoms with Crippen LogP contribution in [0.4, 0.5) is 15.8 Å².